The molecular formula is C74H123N7O33. The number of carbonyl (C=O) groups excluding carboxylic acids is 4. The number of unbranched alkanes of at least 4 members (excludes halogenated alkanes) is 19. The van der Waals surface area contributed by atoms with E-state index in [1.54, 1.807) is 6.08 Å². The third kappa shape index (κ3) is 28.3. The number of hydrogen-bond donors (Lipinski definition) is 22. The van der Waals surface area contributed by atoms with Crippen molar-refractivity contribution in [1.29, 1.82) is 0 Å². The van der Waals surface area contributed by atoms with Gasteiger partial charge in [-0.2, -0.15) is 0 Å². The van der Waals surface area contributed by atoms with Gasteiger partial charge < -0.3 is 161 Å². The highest BCUT2D eigenvalue weighted by Crippen LogP contribution is 2.41. The van der Waals surface area contributed by atoms with Crippen LogP contribution >= 0.6 is 0 Å². The maximum Gasteiger partial charge on any atom is 0.364 e. The molecule has 2 unspecified atom stereocenters. The fraction of sp³-hybridized carbons (Fsp3) is 0.824. The lowest BCUT2D eigenvalue weighted by Gasteiger charge is -2.52. The Balaban J connectivity index is 1.19. The van der Waals surface area contributed by atoms with Crippen molar-refractivity contribution in [3.05, 3.63) is 46.4 Å². The van der Waals surface area contributed by atoms with Crippen LogP contribution in [0.15, 0.2) is 35.5 Å². The number of aromatic hydroxyl groups is 1. The van der Waals surface area contributed by atoms with Crippen molar-refractivity contribution in [3.8, 4) is 5.75 Å². The van der Waals surface area contributed by atoms with Gasteiger partial charge >= 0.3 is 5.97 Å². The highest BCUT2D eigenvalue weighted by atomic mass is 16.8. The fourth-order valence-corrected chi connectivity index (χ4v) is 14.4. The molecule has 0 bridgehead atoms. The van der Waals surface area contributed by atoms with Gasteiger partial charge in [-0.1, -0.05) is 139 Å². The number of benzene rings is 1. The molecule has 0 saturated carbocycles. The molecule has 6 rings (SSSR count). The average Bonchev–Trinajstić information content (AvgIpc) is 0.744. The number of azide groups is 1. The van der Waals surface area contributed by atoms with E-state index in [9.17, 15) is 116 Å². The molecule has 5 aliphatic heterocycles. The molecule has 652 valence electrons. The Hall–Kier alpha value is -5.62. The van der Waals surface area contributed by atoms with E-state index in [0.29, 0.717) is 32.2 Å². The number of carboxylic acid groups (broad SMARTS) is 1. The minimum absolute atomic E-state index is 0.0545. The molecule has 5 fully saturated rings. The van der Waals surface area contributed by atoms with Crippen LogP contribution in [0, 0.1) is 0 Å². The minimum Gasteiger partial charge on any atom is -0.507 e. The van der Waals surface area contributed by atoms with Gasteiger partial charge in [0.2, 0.25) is 17.7 Å². The van der Waals surface area contributed by atoms with Crippen molar-refractivity contribution in [2.45, 2.75) is 340 Å². The molecule has 114 heavy (non-hydrogen) atoms. The van der Waals surface area contributed by atoms with Gasteiger partial charge in [-0.05, 0) is 43.3 Å². The first kappa shape index (κ1) is 97.2. The number of phenols is 1. The number of aliphatic hydroxyl groups excluding tert-OH is 16. The van der Waals surface area contributed by atoms with Crippen LogP contribution in [-0.2, 0) is 66.5 Å². The fourth-order valence-electron chi connectivity index (χ4n) is 14.4. The Morgan fingerprint density at radius 1 is 0.605 bits per heavy atom. The third-order valence-corrected chi connectivity index (χ3v) is 20.8. The van der Waals surface area contributed by atoms with Gasteiger partial charge in [0.1, 0.15) is 122 Å². The van der Waals surface area contributed by atoms with Crippen LogP contribution < -0.4 is 21.3 Å². The number of allylic oxidation sites excluding steroid dienone is 1. The quantitative estimate of drug-likeness (QED) is 0.0107. The first-order valence-electron chi connectivity index (χ1n) is 39.5. The van der Waals surface area contributed by atoms with E-state index in [0.717, 1.165) is 84.5 Å². The van der Waals surface area contributed by atoms with E-state index in [1.807, 2.05) is 0 Å². The molecule has 40 nitrogen and oxygen atoms in total. The van der Waals surface area contributed by atoms with Crippen molar-refractivity contribution in [2.75, 3.05) is 46.2 Å². The normalized spacial score (nSPS) is 33.0. The summed E-state index contributed by atoms with van der Waals surface area (Å²) in [5.41, 5.74) is 8.85. The summed E-state index contributed by atoms with van der Waals surface area (Å²) >= 11 is 0. The summed E-state index contributed by atoms with van der Waals surface area (Å²) in [6, 6.07) is -0.895. The number of ether oxygens (including phenoxy) is 10. The molecule has 28 atom stereocenters. The maximum atomic E-state index is 13.8. The Morgan fingerprint density at radius 2 is 1.12 bits per heavy atom. The number of hydrogen-bond acceptors (Lipinski definition) is 33. The van der Waals surface area contributed by atoms with Gasteiger partial charge in [0.25, 0.3) is 11.7 Å². The Morgan fingerprint density at radius 3 is 1.70 bits per heavy atom. The molecule has 4 amide bonds. The lowest BCUT2D eigenvalue weighted by Crippen LogP contribution is -2.72. The Labute approximate surface area is 660 Å². The number of aliphatic carboxylic acids is 1. The highest BCUT2D eigenvalue weighted by molar-refractivity contribution is 5.97. The van der Waals surface area contributed by atoms with Gasteiger partial charge in [-0.3, -0.25) is 19.2 Å². The second-order valence-electron chi connectivity index (χ2n) is 29.7. The molecule has 0 aliphatic carbocycles. The lowest BCUT2D eigenvalue weighted by atomic mass is 9.88. The number of nitrogens with one attached hydrogen (secondary N) is 4. The zero-order valence-electron chi connectivity index (χ0n) is 64.7. The SMILES string of the molecule is CCCCCCCCCCCCC/C=C/C(O)C(CO[C@@H]1O[C@H](CO)[C@@H](O[C@@H]2O[C@H](CO)[C@H](O[C@@H]3O[C@H](CO)[C@H](O)[C@H](O[C@@H]4O[C@H](CO)[C@H](O)[C@H](O)[C@H]4O)[C@H]3NC(C)=O)[C@H](O[C@@]3(C(=O)O)C[C@H](O)[C@@H](NC(C)=O)[C@H]([C@H](O)[C@H](O)CO)O3)[C@H]2O)[C@H](O)[C@H]1O)NC(=O)CCCCCCCCCCCNC(=O)c1ccc(N=[N+]=[N-])cc1O. The summed E-state index contributed by atoms with van der Waals surface area (Å²) in [5.74, 6) is -8.60. The number of aliphatic hydroxyl groups is 16. The predicted molar refractivity (Wildman–Crippen MR) is 394 cm³/mol. The predicted octanol–water partition coefficient (Wildman–Crippen LogP) is -2.33. The van der Waals surface area contributed by atoms with Crippen LogP contribution in [-0.4, -0.2) is 339 Å². The molecule has 0 radical (unpaired) electrons. The average molecular weight is 1640 g/mol. The molecular weight excluding hydrogens is 1510 g/mol. The Bertz CT molecular complexity index is 3110. The number of phenolic OH excluding ortho intramolecular Hbond substituents is 1. The number of carboxylic acids is 1. The van der Waals surface area contributed by atoms with Crippen LogP contribution in [0.4, 0.5) is 5.69 Å². The molecule has 1 aromatic carbocycles. The van der Waals surface area contributed by atoms with Crippen molar-refractivity contribution < 1.29 is 163 Å². The zero-order valence-corrected chi connectivity index (χ0v) is 64.7. The van der Waals surface area contributed by atoms with Gasteiger partial charge in [0.15, 0.2) is 25.2 Å². The number of nitrogens with zero attached hydrogens (tertiary/aromatic N) is 3. The van der Waals surface area contributed by atoms with Crippen molar-refractivity contribution in [3.63, 3.8) is 0 Å². The van der Waals surface area contributed by atoms with Crippen LogP contribution in [0.5, 0.6) is 5.75 Å². The van der Waals surface area contributed by atoms with E-state index >= 15 is 0 Å². The minimum atomic E-state index is -3.40. The number of amides is 4. The first-order valence-corrected chi connectivity index (χ1v) is 39.5. The second kappa shape index (κ2) is 49.7. The summed E-state index contributed by atoms with van der Waals surface area (Å²) in [5, 5.41) is 213. The van der Waals surface area contributed by atoms with Gasteiger partial charge in [0, 0.05) is 43.8 Å². The second-order valence-corrected chi connectivity index (χ2v) is 29.7. The van der Waals surface area contributed by atoms with Crippen molar-refractivity contribution in [1.82, 2.24) is 21.3 Å². The topological polar surface area (TPSA) is 639 Å². The van der Waals surface area contributed by atoms with Gasteiger partial charge in [-0.25, -0.2) is 4.79 Å². The summed E-state index contributed by atoms with van der Waals surface area (Å²) in [6.07, 6.45) is -27.6. The van der Waals surface area contributed by atoms with E-state index in [1.165, 1.54) is 62.8 Å². The van der Waals surface area contributed by atoms with E-state index in [-0.39, 0.29) is 23.4 Å². The molecule has 1 aromatic rings. The van der Waals surface area contributed by atoms with Gasteiger partial charge in [-0.15, -0.1) is 0 Å². The number of carbonyl (C=O) groups is 5. The maximum absolute atomic E-state index is 13.8. The third-order valence-electron chi connectivity index (χ3n) is 20.8. The van der Waals surface area contributed by atoms with Crippen LogP contribution in [0.25, 0.3) is 10.4 Å². The van der Waals surface area contributed by atoms with Crippen molar-refractivity contribution in [2.24, 2.45) is 5.11 Å². The molecule has 0 aromatic heterocycles. The lowest BCUT2D eigenvalue weighted by molar-refractivity contribution is -0.403. The molecule has 5 heterocycles. The molecule has 5 aliphatic rings. The van der Waals surface area contributed by atoms with Crippen molar-refractivity contribution >= 4 is 35.3 Å². The summed E-state index contributed by atoms with van der Waals surface area (Å²) in [4.78, 5) is 68.3. The largest absolute Gasteiger partial charge is 0.507 e. The highest BCUT2D eigenvalue weighted by Gasteiger charge is 2.62. The summed E-state index contributed by atoms with van der Waals surface area (Å²) < 4.78 is 60.0. The van der Waals surface area contributed by atoms with E-state index in [4.69, 9.17) is 52.9 Å². The monoisotopic (exact) mass is 1640 g/mol. The standard InChI is InChI=1S/C74H123N7O33/c1-4-5-6-7-8-9-10-11-12-14-17-20-23-26-44(89)43(79-52(93)27-24-21-18-15-13-16-19-22-25-30-76-68(102)42-29-28-41(80-81-75)31-45(42)90)38-105-70-61(100)59(98)63(50(36-85)108-70)110-72-62(101)67(114-74(73(103)104)32-46(91)53(77-39(2)87)66(113-74)55(94)47(92)33-82)64(51(37-86)109-72)111-69-54(78-40(3)88)65(57(96)49(35-84)106-69)112-71-60(99)58(97)56(95)48(34-83)107-71/h23,26,28-29,31,43-44,46-51,53-67,69-72,82-86,89-92,94-101H,4-22,24-25,27,30,32-38H2,1-3H3,(H,76,102)(H,77,87)(H,78,88)(H,79,93)(H,103,104)/b26-23+/t43?,44?,46-,47+,48+,49+,50+,51+,53+,54+,55+,56-,57-,58-,59+,60+,61+,62+,63+,64-,65+,66+,67+,69-,70+,71-,72-,74+/m0/s1. The zero-order chi connectivity index (χ0) is 83.8. The summed E-state index contributed by atoms with van der Waals surface area (Å²) in [6.45, 7) is -1.69. The Kier molecular flexibility index (Phi) is 42.4. The summed E-state index contributed by atoms with van der Waals surface area (Å²) in [7, 11) is 0. The molecule has 0 spiro atoms. The van der Waals surface area contributed by atoms with Gasteiger partial charge in [0.05, 0.1) is 69.5 Å². The van der Waals surface area contributed by atoms with E-state index < -0.39 is 247 Å². The van der Waals surface area contributed by atoms with Crippen LogP contribution in [0.1, 0.15) is 179 Å². The van der Waals surface area contributed by atoms with Crippen LogP contribution in [0.3, 0.4) is 0 Å². The smallest absolute Gasteiger partial charge is 0.364 e. The molecule has 40 heteroatoms. The molecule has 5 saturated heterocycles. The first-order chi connectivity index (χ1) is 54.5. The molecule has 22 N–H and O–H groups in total. The number of rotatable bonds is 50. The van der Waals surface area contributed by atoms with Crippen LogP contribution in [0.2, 0.25) is 0 Å². The van der Waals surface area contributed by atoms with E-state index in [2.05, 4.69) is 38.2 Å².